The van der Waals surface area contributed by atoms with E-state index < -0.39 is 0 Å². The molecular formula is C15H16N2O. The fraction of sp³-hybridized carbons (Fsp3) is 0.133. The van der Waals surface area contributed by atoms with E-state index in [0.717, 1.165) is 11.3 Å². The number of hydrogen-bond donors (Lipinski definition) is 1. The van der Waals surface area contributed by atoms with Gasteiger partial charge < -0.3 is 10.6 Å². The monoisotopic (exact) mass is 240 g/mol. The Bertz CT molecular complexity index is 520. The first-order valence-electron chi connectivity index (χ1n) is 5.82. The van der Waals surface area contributed by atoms with Gasteiger partial charge in [0.15, 0.2) is 0 Å². The first-order chi connectivity index (χ1) is 8.66. The molecule has 0 fully saturated rings. The van der Waals surface area contributed by atoms with Crippen LogP contribution in [0.25, 0.3) is 0 Å². The number of carbonyl (C=O) groups is 1. The summed E-state index contributed by atoms with van der Waals surface area (Å²) in [5, 5.41) is 0. The van der Waals surface area contributed by atoms with Crippen LogP contribution in [-0.4, -0.2) is 17.9 Å². The molecule has 0 saturated heterocycles. The summed E-state index contributed by atoms with van der Waals surface area (Å²) in [7, 11) is 1.80. The van der Waals surface area contributed by atoms with Crippen LogP contribution in [-0.2, 0) is 6.54 Å². The van der Waals surface area contributed by atoms with Gasteiger partial charge in [-0.1, -0.05) is 30.3 Å². The Kier molecular flexibility index (Phi) is 3.63. The summed E-state index contributed by atoms with van der Waals surface area (Å²) in [6.45, 7) is 0.577. The van der Waals surface area contributed by atoms with E-state index >= 15 is 0 Å². The lowest BCUT2D eigenvalue weighted by molar-refractivity contribution is 0.0785. The molecule has 0 aromatic heterocycles. The van der Waals surface area contributed by atoms with Gasteiger partial charge in [-0.15, -0.1) is 0 Å². The van der Waals surface area contributed by atoms with Gasteiger partial charge in [-0.2, -0.15) is 0 Å². The summed E-state index contributed by atoms with van der Waals surface area (Å²) in [5.74, 6) is 0.0208. The zero-order valence-electron chi connectivity index (χ0n) is 10.3. The molecule has 0 aliphatic heterocycles. The lowest BCUT2D eigenvalue weighted by Crippen LogP contribution is -2.26. The van der Waals surface area contributed by atoms with Crippen LogP contribution in [0.15, 0.2) is 54.6 Å². The van der Waals surface area contributed by atoms with Crippen molar-refractivity contribution in [2.45, 2.75) is 6.54 Å². The minimum absolute atomic E-state index is 0.0208. The third-order valence-electron chi connectivity index (χ3n) is 2.77. The Morgan fingerprint density at radius 1 is 1.06 bits per heavy atom. The Morgan fingerprint density at radius 2 is 1.67 bits per heavy atom. The molecule has 0 heterocycles. The first kappa shape index (κ1) is 12.2. The standard InChI is InChI=1S/C15H16N2O/c1-17(11-12-7-9-14(16)10-8-12)15(18)13-5-3-2-4-6-13/h2-10H,11,16H2,1H3. The minimum Gasteiger partial charge on any atom is -0.399 e. The molecule has 0 aliphatic carbocycles. The molecule has 2 rings (SSSR count). The number of benzene rings is 2. The highest BCUT2D eigenvalue weighted by atomic mass is 16.2. The van der Waals surface area contributed by atoms with E-state index in [1.54, 1.807) is 11.9 Å². The van der Waals surface area contributed by atoms with Crippen LogP contribution >= 0.6 is 0 Å². The van der Waals surface area contributed by atoms with E-state index in [1.807, 2.05) is 54.6 Å². The highest BCUT2D eigenvalue weighted by Gasteiger charge is 2.10. The van der Waals surface area contributed by atoms with Crippen LogP contribution in [0.2, 0.25) is 0 Å². The second-order valence-electron chi connectivity index (χ2n) is 4.27. The second kappa shape index (κ2) is 5.36. The molecule has 2 N–H and O–H groups in total. The van der Waals surface area contributed by atoms with Crippen LogP contribution < -0.4 is 5.73 Å². The predicted molar refractivity (Wildman–Crippen MR) is 73.1 cm³/mol. The maximum absolute atomic E-state index is 12.1. The number of nitrogen functional groups attached to an aromatic ring is 1. The molecule has 2 aromatic rings. The van der Waals surface area contributed by atoms with Crippen LogP contribution in [0, 0.1) is 0 Å². The molecule has 0 bridgehead atoms. The third-order valence-corrected chi connectivity index (χ3v) is 2.77. The van der Waals surface area contributed by atoms with Crippen molar-refractivity contribution in [3.63, 3.8) is 0 Å². The summed E-state index contributed by atoms with van der Waals surface area (Å²) >= 11 is 0. The van der Waals surface area contributed by atoms with Gasteiger partial charge in [-0.25, -0.2) is 0 Å². The van der Waals surface area contributed by atoms with Gasteiger partial charge in [0.05, 0.1) is 0 Å². The zero-order chi connectivity index (χ0) is 13.0. The van der Waals surface area contributed by atoms with Gasteiger partial charge in [-0.05, 0) is 29.8 Å². The number of hydrogen-bond acceptors (Lipinski definition) is 2. The normalized spacial score (nSPS) is 10.1. The number of rotatable bonds is 3. The fourth-order valence-corrected chi connectivity index (χ4v) is 1.77. The molecular weight excluding hydrogens is 224 g/mol. The van der Waals surface area contributed by atoms with Gasteiger partial charge in [0, 0.05) is 24.8 Å². The van der Waals surface area contributed by atoms with Crippen LogP contribution in [0.1, 0.15) is 15.9 Å². The largest absolute Gasteiger partial charge is 0.399 e. The van der Waals surface area contributed by atoms with Gasteiger partial charge >= 0.3 is 0 Å². The molecule has 3 heteroatoms. The van der Waals surface area contributed by atoms with Crippen molar-refractivity contribution in [1.29, 1.82) is 0 Å². The van der Waals surface area contributed by atoms with E-state index in [0.29, 0.717) is 12.1 Å². The Labute approximate surface area is 107 Å². The lowest BCUT2D eigenvalue weighted by Gasteiger charge is -2.17. The summed E-state index contributed by atoms with van der Waals surface area (Å²) in [4.78, 5) is 13.8. The summed E-state index contributed by atoms with van der Waals surface area (Å²) < 4.78 is 0. The molecule has 18 heavy (non-hydrogen) atoms. The summed E-state index contributed by atoms with van der Waals surface area (Å²) in [6.07, 6.45) is 0. The average molecular weight is 240 g/mol. The summed E-state index contributed by atoms with van der Waals surface area (Å²) in [5.41, 5.74) is 8.13. The smallest absolute Gasteiger partial charge is 0.253 e. The van der Waals surface area contributed by atoms with E-state index in [-0.39, 0.29) is 5.91 Å². The van der Waals surface area contributed by atoms with Crippen molar-refractivity contribution in [3.8, 4) is 0 Å². The number of carbonyl (C=O) groups excluding carboxylic acids is 1. The van der Waals surface area contributed by atoms with Gasteiger partial charge in [-0.3, -0.25) is 4.79 Å². The number of nitrogens with zero attached hydrogens (tertiary/aromatic N) is 1. The van der Waals surface area contributed by atoms with E-state index in [4.69, 9.17) is 5.73 Å². The van der Waals surface area contributed by atoms with E-state index in [2.05, 4.69) is 0 Å². The maximum atomic E-state index is 12.1. The number of anilines is 1. The van der Waals surface area contributed by atoms with Crippen LogP contribution in [0.4, 0.5) is 5.69 Å². The molecule has 0 atom stereocenters. The molecule has 92 valence electrons. The van der Waals surface area contributed by atoms with Crippen molar-refractivity contribution < 1.29 is 4.79 Å². The predicted octanol–water partition coefficient (Wildman–Crippen LogP) is 2.54. The van der Waals surface area contributed by atoms with Crippen molar-refractivity contribution in [3.05, 3.63) is 65.7 Å². The minimum atomic E-state index is 0.0208. The molecule has 0 aliphatic rings. The zero-order valence-corrected chi connectivity index (χ0v) is 10.3. The lowest BCUT2D eigenvalue weighted by atomic mass is 10.1. The van der Waals surface area contributed by atoms with Crippen molar-refractivity contribution >= 4 is 11.6 Å². The fourth-order valence-electron chi connectivity index (χ4n) is 1.77. The van der Waals surface area contributed by atoms with Gasteiger partial charge in [0.2, 0.25) is 0 Å². The topological polar surface area (TPSA) is 46.3 Å². The van der Waals surface area contributed by atoms with Crippen LogP contribution in [0.3, 0.4) is 0 Å². The highest BCUT2D eigenvalue weighted by molar-refractivity contribution is 5.93. The quantitative estimate of drug-likeness (QED) is 0.838. The number of amides is 1. The van der Waals surface area contributed by atoms with Gasteiger partial charge in [0.25, 0.3) is 5.91 Å². The number of nitrogens with two attached hydrogens (primary N) is 1. The first-order valence-corrected chi connectivity index (χ1v) is 5.82. The molecule has 0 radical (unpaired) electrons. The molecule has 2 aromatic carbocycles. The molecule has 3 nitrogen and oxygen atoms in total. The molecule has 1 amide bonds. The van der Waals surface area contributed by atoms with E-state index in [9.17, 15) is 4.79 Å². The Hall–Kier alpha value is -2.29. The third kappa shape index (κ3) is 2.88. The van der Waals surface area contributed by atoms with E-state index in [1.165, 1.54) is 0 Å². The molecule has 0 unspecified atom stereocenters. The van der Waals surface area contributed by atoms with Crippen molar-refractivity contribution in [1.82, 2.24) is 4.90 Å². The van der Waals surface area contributed by atoms with Gasteiger partial charge in [0.1, 0.15) is 0 Å². The SMILES string of the molecule is CN(Cc1ccc(N)cc1)C(=O)c1ccccc1. The Morgan fingerprint density at radius 3 is 2.28 bits per heavy atom. The molecule has 0 saturated carbocycles. The summed E-state index contributed by atoms with van der Waals surface area (Å²) in [6, 6.07) is 16.8. The molecule has 0 spiro atoms. The van der Waals surface area contributed by atoms with Crippen molar-refractivity contribution in [2.75, 3.05) is 12.8 Å². The highest BCUT2D eigenvalue weighted by Crippen LogP contribution is 2.10. The van der Waals surface area contributed by atoms with Crippen LogP contribution in [0.5, 0.6) is 0 Å². The second-order valence-corrected chi connectivity index (χ2v) is 4.27. The maximum Gasteiger partial charge on any atom is 0.253 e. The van der Waals surface area contributed by atoms with Crippen molar-refractivity contribution in [2.24, 2.45) is 0 Å². The average Bonchev–Trinajstić information content (AvgIpc) is 2.41. The Balaban J connectivity index is 2.06.